The minimum Gasteiger partial charge on any atom is -0.467 e. The van der Waals surface area contributed by atoms with Gasteiger partial charge in [0, 0.05) is 11.6 Å². The summed E-state index contributed by atoms with van der Waals surface area (Å²) in [5, 5.41) is 12.8. The van der Waals surface area contributed by atoms with Crippen molar-refractivity contribution in [3.63, 3.8) is 0 Å². The lowest BCUT2D eigenvalue weighted by Gasteiger charge is -2.11. The van der Waals surface area contributed by atoms with Gasteiger partial charge in [-0.2, -0.15) is 0 Å². The van der Waals surface area contributed by atoms with Crippen LogP contribution in [0.25, 0.3) is 0 Å². The van der Waals surface area contributed by atoms with Gasteiger partial charge in [-0.1, -0.05) is 11.6 Å². The van der Waals surface area contributed by atoms with E-state index in [9.17, 15) is 19.7 Å². The van der Waals surface area contributed by atoms with E-state index in [0.717, 1.165) is 6.07 Å². The number of nitro groups is 1. The summed E-state index contributed by atoms with van der Waals surface area (Å²) in [6, 6.07) is 2.72. The number of nitro benzene ring substituents is 1. The maximum atomic E-state index is 11.8. The second-order valence-corrected chi connectivity index (χ2v) is 4.05. The van der Waals surface area contributed by atoms with Crippen LogP contribution < -0.4 is 5.32 Å². The normalized spacial score (nSPS) is 11.5. The Balaban J connectivity index is 2.87. The van der Waals surface area contributed by atoms with Crippen LogP contribution in [0.1, 0.15) is 17.3 Å². The zero-order chi connectivity index (χ0) is 14.6. The van der Waals surface area contributed by atoms with Crippen molar-refractivity contribution in [3.8, 4) is 0 Å². The number of halogens is 1. The Hall–Kier alpha value is -2.15. The number of rotatable bonds is 4. The molecule has 0 fully saturated rings. The minimum atomic E-state index is -0.827. The second-order valence-electron chi connectivity index (χ2n) is 3.64. The number of hydrogen-bond donors (Lipinski definition) is 1. The summed E-state index contributed by atoms with van der Waals surface area (Å²) in [5.41, 5.74) is -0.175. The molecule has 0 aliphatic rings. The SMILES string of the molecule is COC(=O)C(C)NC(=O)c1ccc([N+](=O)[O-])c(Cl)c1. The maximum absolute atomic E-state index is 11.8. The Kier molecular flexibility index (Phi) is 4.82. The number of nitrogens with zero attached hydrogens (tertiary/aromatic N) is 1. The van der Waals surface area contributed by atoms with E-state index in [1.54, 1.807) is 0 Å². The zero-order valence-electron chi connectivity index (χ0n) is 10.2. The number of carbonyl (C=O) groups excluding carboxylic acids is 2. The molecule has 1 rings (SSSR count). The molecule has 1 aromatic rings. The number of methoxy groups -OCH3 is 1. The number of nitrogens with one attached hydrogen (secondary N) is 1. The van der Waals surface area contributed by atoms with Gasteiger partial charge in [-0.25, -0.2) is 4.79 Å². The van der Waals surface area contributed by atoms with Crippen LogP contribution in [-0.2, 0) is 9.53 Å². The molecule has 0 saturated carbocycles. The smallest absolute Gasteiger partial charge is 0.328 e. The molecule has 102 valence electrons. The minimum absolute atomic E-state index is 0.117. The highest BCUT2D eigenvalue weighted by molar-refractivity contribution is 6.33. The molecule has 0 aromatic heterocycles. The topological polar surface area (TPSA) is 98.5 Å². The fraction of sp³-hybridized carbons (Fsp3) is 0.273. The summed E-state index contributed by atoms with van der Waals surface area (Å²) in [4.78, 5) is 32.8. The number of amides is 1. The van der Waals surface area contributed by atoms with Crippen LogP contribution >= 0.6 is 11.6 Å². The van der Waals surface area contributed by atoms with Crippen LogP contribution in [0.5, 0.6) is 0 Å². The van der Waals surface area contributed by atoms with E-state index in [4.69, 9.17) is 11.6 Å². The third-order valence-electron chi connectivity index (χ3n) is 2.31. The van der Waals surface area contributed by atoms with Gasteiger partial charge in [0.15, 0.2) is 0 Å². The summed E-state index contributed by atoms with van der Waals surface area (Å²) in [6.07, 6.45) is 0. The molecule has 7 nitrogen and oxygen atoms in total. The van der Waals surface area contributed by atoms with Crippen molar-refractivity contribution >= 4 is 29.2 Å². The lowest BCUT2D eigenvalue weighted by molar-refractivity contribution is -0.384. The van der Waals surface area contributed by atoms with Crippen LogP contribution in [0.2, 0.25) is 5.02 Å². The van der Waals surface area contributed by atoms with Crippen molar-refractivity contribution in [1.29, 1.82) is 0 Å². The van der Waals surface area contributed by atoms with Gasteiger partial charge in [-0.15, -0.1) is 0 Å². The van der Waals surface area contributed by atoms with Gasteiger partial charge in [0.1, 0.15) is 11.1 Å². The summed E-state index contributed by atoms with van der Waals surface area (Å²) >= 11 is 5.68. The molecule has 0 saturated heterocycles. The number of benzene rings is 1. The molecule has 19 heavy (non-hydrogen) atoms. The van der Waals surface area contributed by atoms with Gasteiger partial charge in [0.2, 0.25) is 0 Å². The van der Waals surface area contributed by atoms with Crippen LogP contribution in [0.15, 0.2) is 18.2 Å². The number of hydrogen-bond acceptors (Lipinski definition) is 5. The number of esters is 1. The molecule has 0 bridgehead atoms. The molecule has 0 aliphatic carbocycles. The molecule has 0 radical (unpaired) electrons. The predicted molar refractivity (Wildman–Crippen MR) is 67.1 cm³/mol. The van der Waals surface area contributed by atoms with Gasteiger partial charge in [-0.05, 0) is 19.1 Å². The molecule has 1 aromatic carbocycles. The number of ether oxygens (including phenoxy) is 1. The molecule has 0 spiro atoms. The van der Waals surface area contributed by atoms with Crippen LogP contribution in [-0.4, -0.2) is 30.0 Å². The van der Waals surface area contributed by atoms with Gasteiger partial charge >= 0.3 is 5.97 Å². The lowest BCUT2D eigenvalue weighted by atomic mass is 10.2. The average Bonchev–Trinajstić information content (AvgIpc) is 2.36. The van der Waals surface area contributed by atoms with Crippen LogP contribution in [0.3, 0.4) is 0 Å². The molecular formula is C11H11ClN2O5. The van der Waals surface area contributed by atoms with E-state index in [2.05, 4.69) is 10.1 Å². The molecule has 1 atom stereocenters. The Morgan fingerprint density at radius 3 is 2.58 bits per heavy atom. The largest absolute Gasteiger partial charge is 0.467 e. The highest BCUT2D eigenvalue weighted by Gasteiger charge is 2.19. The van der Waals surface area contributed by atoms with Crippen molar-refractivity contribution < 1.29 is 19.2 Å². The molecule has 1 unspecified atom stereocenters. The Bertz CT molecular complexity index is 532. The quantitative estimate of drug-likeness (QED) is 0.514. The Morgan fingerprint density at radius 1 is 1.47 bits per heavy atom. The third-order valence-corrected chi connectivity index (χ3v) is 2.61. The fourth-order valence-corrected chi connectivity index (χ4v) is 1.56. The van der Waals surface area contributed by atoms with Gasteiger partial charge < -0.3 is 10.1 Å². The highest BCUT2D eigenvalue weighted by atomic mass is 35.5. The van der Waals surface area contributed by atoms with Gasteiger partial charge in [0.25, 0.3) is 11.6 Å². The second kappa shape index (κ2) is 6.14. The highest BCUT2D eigenvalue weighted by Crippen LogP contribution is 2.24. The standard InChI is InChI=1S/C11H11ClN2O5/c1-6(11(16)19-2)13-10(15)7-3-4-9(14(17)18)8(12)5-7/h3-6H,1-2H3,(H,13,15). The molecular weight excluding hydrogens is 276 g/mol. The first-order chi connectivity index (χ1) is 8.86. The summed E-state index contributed by atoms with van der Waals surface area (Å²) in [6.45, 7) is 1.46. The first-order valence-electron chi connectivity index (χ1n) is 5.19. The van der Waals surface area contributed by atoms with Crippen molar-refractivity contribution in [3.05, 3.63) is 38.9 Å². The van der Waals surface area contributed by atoms with E-state index in [1.807, 2.05) is 0 Å². The monoisotopic (exact) mass is 286 g/mol. The number of carbonyl (C=O) groups is 2. The predicted octanol–water partition coefficient (Wildman–Crippen LogP) is 1.54. The Morgan fingerprint density at radius 2 is 2.11 bits per heavy atom. The molecule has 0 aliphatic heterocycles. The van der Waals surface area contributed by atoms with E-state index in [1.165, 1.54) is 26.2 Å². The molecule has 1 N–H and O–H groups in total. The fourth-order valence-electron chi connectivity index (χ4n) is 1.31. The van der Waals surface area contributed by atoms with E-state index in [-0.39, 0.29) is 16.3 Å². The Labute approximate surface area is 113 Å². The first-order valence-corrected chi connectivity index (χ1v) is 5.57. The molecule has 8 heteroatoms. The molecule has 0 heterocycles. The summed E-state index contributed by atoms with van der Waals surface area (Å²) in [7, 11) is 1.20. The van der Waals surface area contributed by atoms with Crippen molar-refractivity contribution in [2.45, 2.75) is 13.0 Å². The summed E-state index contributed by atoms with van der Waals surface area (Å²) in [5.74, 6) is -1.17. The first kappa shape index (κ1) is 14.9. The van der Waals surface area contributed by atoms with Gasteiger partial charge in [0.05, 0.1) is 12.0 Å². The van der Waals surface area contributed by atoms with Crippen LogP contribution in [0.4, 0.5) is 5.69 Å². The maximum Gasteiger partial charge on any atom is 0.328 e. The van der Waals surface area contributed by atoms with E-state index >= 15 is 0 Å². The zero-order valence-corrected chi connectivity index (χ0v) is 10.9. The lowest BCUT2D eigenvalue weighted by Crippen LogP contribution is -2.39. The summed E-state index contributed by atoms with van der Waals surface area (Å²) < 4.78 is 4.45. The van der Waals surface area contributed by atoms with Crippen molar-refractivity contribution in [2.75, 3.05) is 7.11 Å². The van der Waals surface area contributed by atoms with Crippen molar-refractivity contribution in [1.82, 2.24) is 5.32 Å². The van der Waals surface area contributed by atoms with Gasteiger partial charge in [-0.3, -0.25) is 14.9 Å². The van der Waals surface area contributed by atoms with E-state index < -0.39 is 22.8 Å². The van der Waals surface area contributed by atoms with Crippen molar-refractivity contribution in [2.24, 2.45) is 0 Å². The average molecular weight is 287 g/mol. The third kappa shape index (κ3) is 3.65. The molecule has 1 amide bonds. The van der Waals surface area contributed by atoms with Crippen LogP contribution in [0, 0.1) is 10.1 Å². The van der Waals surface area contributed by atoms with E-state index in [0.29, 0.717) is 0 Å².